The van der Waals surface area contributed by atoms with Crippen molar-refractivity contribution in [3.05, 3.63) is 64.9 Å². The van der Waals surface area contributed by atoms with Gasteiger partial charge in [-0.3, -0.25) is 9.36 Å². The van der Waals surface area contributed by atoms with E-state index in [-0.39, 0.29) is 35.5 Å². The zero-order chi connectivity index (χ0) is 27.4. The Morgan fingerprint density at radius 2 is 1.90 bits per heavy atom. The lowest BCUT2D eigenvalue weighted by Crippen LogP contribution is -2.58. The fourth-order valence-electron chi connectivity index (χ4n) is 6.08. The number of amides is 1. The predicted molar refractivity (Wildman–Crippen MR) is 153 cm³/mol. The molecule has 1 aromatic heterocycles. The molecule has 3 atom stereocenters. The number of hydrogen-bond donors (Lipinski definition) is 0. The lowest BCUT2D eigenvalue weighted by Gasteiger charge is -2.45. The molecule has 6 rings (SSSR count). The Hall–Kier alpha value is -3.17. The van der Waals surface area contributed by atoms with Crippen LogP contribution in [-0.4, -0.2) is 64.0 Å². The second kappa shape index (κ2) is 10.1. The topological polar surface area (TPSA) is 67.7 Å². The van der Waals surface area contributed by atoms with Crippen molar-refractivity contribution in [2.75, 3.05) is 30.3 Å². The van der Waals surface area contributed by atoms with Crippen LogP contribution in [0.25, 0.3) is 22.0 Å². The normalized spacial score (nSPS) is 22.8. The Balaban J connectivity index is 1.52. The number of piperazine rings is 1. The Morgan fingerprint density at radius 1 is 1.21 bits per heavy atom. The summed E-state index contributed by atoms with van der Waals surface area (Å²) in [6, 6.07) is 8.39. The Morgan fingerprint density at radius 3 is 2.54 bits per heavy atom. The van der Waals surface area contributed by atoms with Gasteiger partial charge in [-0.25, -0.2) is 9.18 Å². The van der Waals surface area contributed by atoms with Crippen molar-refractivity contribution in [3.8, 4) is 11.1 Å². The van der Waals surface area contributed by atoms with Crippen LogP contribution in [0, 0.1) is 12.7 Å². The van der Waals surface area contributed by atoms with Gasteiger partial charge >= 0.3 is 5.69 Å². The Kier molecular flexibility index (Phi) is 6.75. The maximum absolute atomic E-state index is 13.8. The number of nitrogens with zero attached hydrogens (tertiary/aromatic N) is 4. The van der Waals surface area contributed by atoms with Crippen molar-refractivity contribution in [1.29, 1.82) is 0 Å². The number of benzene rings is 2. The molecular weight excluding hydrogens is 515 g/mol. The molecule has 9 heteroatoms. The molecule has 3 aromatic rings. The minimum atomic E-state index is -0.290. The highest BCUT2D eigenvalue weighted by atomic mass is 32.2. The van der Waals surface area contributed by atoms with Crippen molar-refractivity contribution in [2.45, 2.75) is 62.7 Å². The van der Waals surface area contributed by atoms with E-state index < -0.39 is 0 Å². The van der Waals surface area contributed by atoms with Crippen LogP contribution in [0.3, 0.4) is 0 Å². The molecule has 1 saturated carbocycles. The summed E-state index contributed by atoms with van der Waals surface area (Å²) in [5, 5.41) is 0.916. The zero-order valence-electron chi connectivity index (χ0n) is 22.5. The number of anilines is 1. The minimum absolute atomic E-state index is 0.0699. The van der Waals surface area contributed by atoms with Crippen LogP contribution < -0.4 is 10.6 Å². The van der Waals surface area contributed by atoms with E-state index in [1.807, 2.05) is 23.3 Å². The number of halogens is 1. The molecule has 1 unspecified atom stereocenters. The molecule has 0 bridgehead atoms. The van der Waals surface area contributed by atoms with E-state index in [1.165, 1.54) is 18.2 Å². The van der Waals surface area contributed by atoms with Crippen molar-refractivity contribution in [2.24, 2.45) is 0 Å². The molecule has 2 aliphatic heterocycles. The molecule has 3 aliphatic rings. The van der Waals surface area contributed by atoms with Gasteiger partial charge in [0.2, 0.25) is 5.91 Å². The monoisotopic (exact) mass is 548 g/mol. The molecule has 7 nitrogen and oxygen atoms in total. The Bertz CT molecular complexity index is 1510. The van der Waals surface area contributed by atoms with Crippen LogP contribution in [-0.2, 0) is 9.53 Å². The van der Waals surface area contributed by atoms with Gasteiger partial charge in [0.1, 0.15) is 11.6 Å². The van der Waals surface area contributed by atoms with Crippen molar-refractivity contribution < 1.29 is 13.9 Å². The number of hydrogen-bond acceptors (Lipinski definition) is 6. The third kappa shape index (κ3) is 4.65. The van der Waals surface area contributed by atoms with Gasteiger partial charge in [0, 0.05) is 46.8 Å². The number of aryl methyl sites for hydroxylation is 1. The first-order valence-electron chi connectivity index (χ1n) is 13.6. The molecule has 1 aliphatic carbocycles. The van der Waals surface area contributed by atoms with E-state index in [9.17, 15) is 14.0 Å². The summed E-state index contributed by atoms with van der Waals surface area (Å²) in [7, 11) is 0. The standard InChI is InChI=1S/C30H33FN4O3S/c1-5-25(36)34-18(3)13-33(14-19(34)4)29-24-12-17(2)26(20-6-8-21(31)9-7-20)28-27(24)35(30(37)32-29)22(16-39-28)15-38-23-10-11-23/h5-9,12,18-19,22-23H,1,10-11,13-16H2,2-4H3/t18-,19+,22?. The van der Waals surface area contributed by atoms with E-state index in [1.54, 1.807) is 23.9 Å². The highest BCUT2D eigenvalue weighted by Crippen LogP contribution is 2.46. The van der Waals surface area contributed by atoms with Gasteiger partial charge in [-0.15, -0.1) is 11.8 Å². The third-order valence-electron chi connectivity index (χ3n) is 7.96. The average Bonchev–Trinajstić information content (AvgIpc) is 3.74. The summed E-state index contributed by atoms with van der Waals surface area (Å²) in [5.41, 5.74) is 3.55. The molecule has 3 heterocycles. The number of carbonyl (C=O) groups is 1. The van der Waals surface area contributed by atoms with Gasteiger partial charge in [0.05, 0.1) is 24.3 Å². The molecule has 0 N–H and O–H groups in total. The number of carbonyl (C=O) groups excluding carboxylic acids is 1. The average molecular weight is 549 g/mol. The van der Waals surface area contributed by atoms with Gasteiger partial charge < -0.3 is 14.5 Å². The summed E-state index contributed by atoms with van der Waals surface area (Å²) in [5.74, 6) is 0.977. The molecule has 1 saturated heterocycles. The van der Waals surface area contributed by atoms with E-state index in [0.717, 1.165) is 45.3 Å². The first kappa shape index (κ1) is 26.1. The van der Waals surface area contributed by atoms with Gasteiger partial charge in [-0.2, -0.15) is 4.98 Å². The molecule has 0 spiro atoms. The van der Waals surface area contributed by atoms with Gasteiger partial charge in [-0.05, 0) is 69.0 Å². The first-order chi connectivity index (χ1) is 18.8. The van der Waals surface area contributed by atoms with Crippen LogP contribution >= 0.6 is 11.8 Å². The largest absolute Gasteiger partial charge is 0.376 e. The lowest BCUT2D eigenvalue weighted by molar-refractivity contribution is -0.130. The molecule has 0 radical (unpaired) electrons. The fourth-order valence-corrected chi connectivity index (χ4v) is 7.45. The molecule has 2 fully saturated rings. The van der Waals surface area contributed by atoms with Crippen LogP contribution in [0.2, 0.25) is 0 Å². The quantitative estimate of drug-likeness (QED) is 0.406. The SMILES string of the molecule is C=CC(=O)N1[C@H](C)CN(c2nc(=O)n3c4c(c(-c5ccc(F)cc5)c(C)cc24)SCC3COC2CC2)C[C@@H]1C. The summed E-state index contributed by atoms with van der Waals surface area (Å²) in [6.45, 7) is 11.3. The predicted octanol–water partition coefficient (Wildman–Crippen LogP) is 4.95. The smallest absolute Gasteiger partial charge is 0.350 e. The second-order valence-corrected chi connectivity index (χ2v) is 12.0. The summed E-state index contributed by atoms with van der Waals surface area (Å²) in [6.07, 6.45) is 3.79. The van der Waals surface area contributed by atoms with Gasteiger partial charge in [0.15, 0.2) is 0 Å². The number of ether oxygens (including phenoxy) is 1. The molecular formula is C30H33FN4O3S. The molecule has 204 valence electrons. The summed E-state index contributed by atoms with van der Waals surface area (Å²) >= 11 is 1.73. The second-order valence-electron chi connectivity index (χ2n) is 10.9. The molecule has 39 heavy (non-hydrogen) atoms. The lowest BCUT2D eigenvalue weighted by atomic mass is 9.97. The molecule has 1 amide bonds. The third-order valence-corrected chi connectivity index (χ3v) is 9.19. The van der Waals surface area contributed by atoms with Crippen molar-refractivity contribution in [3.63, 3.8) is 0 Å². The van der Waals surface area contributed by atoms with E-state index in [0.29, 0.717) is 37.4 Å². The van der Waals surface area contributed by atoms with Gasteiger partial charge in [0.25, 0.3) is 0 Å². The number of rotatable bonds is 6. The van der Waals surface area contributed by atoms with E-state index in [2.05, 4.69) is 29.5 Å². The van der Waals surface area contributed by atoms with Crippen LogP contribution in [0.5, 0.6) is 0 Å². The summed E-state index contributed by atoms with van der Waals surface area (Å²) < 4.78 is 21.7. The number of aromatic nitrogens is 2. The van der Waals surface area contributed by atoms with Crippen molar-refractivity contribution in [1.82, 2.24) is 14.5 Å². The van der Waals surface area contributed by atoms with Crippen molar-refractivity contribution >= 4 is 34.4 Å². The highest BCUT2D eigenvalue weighted by molar-refractivity contribution is 7.99. The minimum Gasteiger partial charge on any atom is -0.376 e. The zero-order valence-corrected chi connectivity index (χ0v) is 23.3. The maximum Gasteiger partial charge on any atom is 0.350 e. The van der Waals surface area contributed by atoms with E-state index in [4.69, 9.17) is 4.74 Å². The van der Waals surface area contributed by atoms with Crippen LogP contribution in [0.4, 0.5) is 10.2 Å². The van der Waals surface area contributed by atoms with Crippen LogP contribution in [0.15, 0.2) is 52.7 Å². The molecule has 2 aromatic carbocycles. The fraction of sp³-hybridized carbons (Fsp3) is 0.433. The van der Waals surface area contributed by atoms with Gasteiger partial charge in [-0.1, -0.05) is 18.7 Å². The van der Waals surface area contributed by atoms with E-state index >= 15 is 0 Å². The number of thioether (sulfide) groups is 1. The Labute approximate surface area is 231 Å². The first-order valence-corrected chi connectivity index (χ1v) is 14.5. The highest BCUT2D eigenvalue weighted by Gasteiger charge is 2.36. The summed E-state index contributed by atoms with van der Waals surface area (Å²) in [4.78, 5) is 36.0. The van der Waals surface area contributed by atoms with Crippen LogP contribution in [0.1, 0.15) is 38.3 Å². The maximum atomic E-state index is 13.8.